The Balaban J connectivity index is 1.45. The summed E-state index contributed by atoms with van der Waals surface area (Å²) in [5, 5.41) is 0. The maximum absolute atomic E-state index is 15.4. The van der Waals surface area contributed by atoms with E-state index in [-0.39, 0.29) is 34.6 Å². The van der Waals surface area contributed by atoms with Gasteiger partial charge in [-0.3, -0.25) is 0 Å². The van der Waals surface area contributed by atoms with Crippen molar-refractivity contribution in [3.05, 3.63) is 93.0 Å². The number of hydrogen-bond acceptors (Lipinski definition) is 0. The Labute approximate surface area is 238 Å². The van der Waals surface area contributed by atoms with Crippen LogP contribution in [0.2, 0.25) is 0 Å². The van der Waals surface area contributed by atoms with Crippen LogP contribution in [-0.4, -0.2) is 0 Å². The van der Waals surface area contributed by atoms with E-state index in [9.17, 15) is 0 Å². The highest BCUT2D eigenvalue weighted by molar-refractivity contribution is 5.86. The molecule has 0 radical (unpaired) electrons. The Morgan fingerprint density at radius 3 is 1.98 bits per heavy atom. The summed E-state index contributed by atoms with van der Waals surface area (Å²) in [6, 6.07) is 8.81. The molecule has 0 heterocycles. The summed E-state index contributed by atoms with van der Waals surface area (Å²) < 4.78 is 91.8. The molecule has 0 nitrogen and oxygen atoms in total. The summed E-state index contributed by atoms with van der Waals surface area (Å²) in [4.78, 5) is 0. The molecule has 0 unspecified atom stereocenters. The van der Waals surface area contributed by atoms with Crippen LogP contribution in [0.1, 0.15) is 111 Å². The van der Waals surface area contributed by atoms with Crippen molar-refractivity contribution in [2.75, 3.05) is 0 Å². The molecule has 2 aliphatic rings. The first-order valence-corrected chi connectivity index (χ1v) is 14.9. The summed E-state index contributed by atoms with van der Waals surface area (Å²) in [6.45, 7) is 4.23. The van der Waals surface area contributed by atoms with E-state index in [1.807, 2.05) is 0 Å². The maximum atomic E-state index is 15.4. The van der Waals surface area contributed by atoms with Gasteiger partial charge in [0.2, 0.25) is 0 Å². The molecule has 1 saturated carbocycles. The number of benzene rings is 3. The molecule has 2 aliphatic carbocycles. The highest BCUT2D eigenvalue weighted by Crippen LogP contribution is 2.47. The average Bonchev–Trinajstić information content (AvgIpc) is 3.36. The monoisotopic (exact) mass is 570 g/mol. The highest BCUT2D eigenvalue weighted by Gasteiger charge is 2.35. The molecule has 0 aliphatic heterocycles. The van der Waals surface area contributed by atoms with Crippen LogP contribution in [0.5, 0.6) is 0 Å². The van der Waals surface area contributed by atoms with Gasteiger partial charge < -0.3 is 0 Å². The molecule has 0 saturated heterocycles. The largest absolute Gasteiger partial charge is 0.203 e. The molecule has 5 rings (SSSR count). The molecule has 0 aromatic heterocycles. The third kappa shape index (κ3) is 5.72. The van der Waals surface area contributed by atoms with Gasteiger partial charge in [-0.05, 0) is 85.1 Å². The van der Waals surface area contributed by atoms with Gasteiger partial charge in [0.05, 0.1) is 5.56 Å². The van der Waals surface area contributed by atoms with Crippen LogP contribution in [0, 0.1) is 29.2 Å². The number of aryl methyl sites for hydroxylation is 1. The van der Waals surface area contributed by atoms with Crippen LogP contribution in [-0.2, 0) is 12.8 Å². The van der Waals surface area contributed by atoms with E-state index in [1.54, 1.807) is 18.2 Å². The number of halogens is 6. The Bertz CT molecular complexity index is 1440. The lowest BCUT2D eigenvalue weighted by atomic mass is 9.76. The minimum Gasteiger partial charge on any atom is -0.203 e. The fraction of sp³-hybridized carbons (Fsp3) is 0.429. The molecule has 218 valence electrons. The predicted octanol–water partition coefficient (Wildman–Crippen LogP) is 11.4. The summed E-state index contributed by atoms with van der Waals surface area (Å²) in [6.07, 6.45) is 9.49. The Morgan fingerprint density at radius 1 is 0.707 bits per heavy atom. The van der Waals surface area contributed by atoms with Crippen molar-refractivity contribution in [3.63, 3.8) is 0 Å². The summed E-state index contributed by atoms with van der Waals surface area (Å²) in [5.74, 6) is -7.77. The zero-order chi connectivity index (χ0) is 29.3. The second-order valence-electron chi connectivity index (χ2n) is 11.7. The third-order valence-corrected chi connectivity index (χ3v) is 8.92. The van der Waals surface area contributed by atoms with E-state index in [1.165, 1.54) is 12.1 Å². The first-order chi connectivity index (χ1) is 19.7. The van der Waals surface area contributed by atoms with Crippen molar-refractivity contribution in [1.82, 2.24) is 0 Å². The quantitative estimate of drug-likeness (QED) is 0.107. The normalized spacial score (nSPS) is 18.7. The van der Waals surface area contributed by atoms with Crippen LogP contribution in [0.3, 0.4) is 0 Å². The van der Waals surface area contributed by atoms with Crippen molar-refractivity contribution in [2.24, 2.45) is 5.92 Å². The maximum Gasteiger partial charge on any atom is 0.169 e. The average molecular weight is 571 g/mol. The summed E-state index contributed by atoms with van der Waals surface area (Å²) in [7, 11) is 0. The Hall–Kier alpha value is -3.02. The van der Waals surface area contributed by atoms with E-state index >= 15 is 26.3 Å². The zero-order valence-electron chi connectivity index (χ0n) is 23.7. The van der Waals surface area contributed by atoms with Crippen molar-refractivity contribution in [3.8, 4) is 11.1 Å². The lowest BCUT2D eigenvalue weighted by Crippen LogP contribution is -2.15. The van der Waals surface area contributed by atoms with Crippen molar-refractivity contribution in [1.29, 1.82) is 0 Å². The number of hydrogen-bond donors (Lipinski definition) is 0. The molecule has 0 amide bonds. The lowest BCUT2D eigenvalue weighted by molar-refractivity contribution is 0.303. The van der Waals surface area contributed by atoms with Crippen molar-refractivity contribution >= 4 is 11.7 Å². The van der Waals surface area contributed by atoms with Crippen molar-refractivity contribution in [2.45, 2.75) is 90.4 Å². The van der Waals surface area contributed by atoms with Gasteiger partial charge in [0.15, 0.2) is 34.9 Å². The standard InChI is InChI=1S/C35H36F6/c1-3-5-6-8-21-11-15-23(16-12-21)30(36)32(38)27-19-25-17-24-18-26(22-13-9-20(7-4-2)10-14-22)31(37)34(40)28(24)29(25)35(41)33(27)39/h11-12,15-16,18-20,22H,3-10,13-14,17H2,1-2H3/b32-30+. The van der Waals surface area contributed by atoms with Gasteiger partial charge in [-0.2, -0.15) is 0 Å². The van der Waals surface area contributed by atoms with E-state index in [2.05, 4.69) is 13.8 Å². The predicted molar refractivity (Wildman–Crippen MR) is 153 cm³/mol. The van der Waals surface area contributed by atoms with Gasteiger partial charge in [0.25, 0.3) is 0 Å². The van der Waals surface area contributed by atoms with Crippen LogP contribution < -0.4 is 0 Å². The number of fused-ring (bicyclic) bond motifs is 3. The molecule has 41 heavy (non-hydrogen) atoms. The second-order valence-corrected chi connectivity index (χ2v) is 11.7. The minimum absolute atomic E-state index is 0.0222. The third-order valence-electron chi connectivity index (χ3n) is 8.92. The van der Waals surface area contributed by atoms with Crippen LogP contribution >= 0.6 is 0 Å². The minimum atomic E-state index is -1.63. The zero-order valence-corrected chi connectivity index (χ0v) is 23.7. The van der Waals surface area contributed by atoms with E-state index in [0.717, 1.165) is 75.8 Å². The second kappa shape index (κ2) is 12.5. The molecule has 1 fully saturated rings. The van der Waals surface area contributed by atoms with Gasteiger partial charge in [-0.15, -0.1) is 0 Å². The van der Waals surface area contributed by atoms with Crippen LogP contribution in [0.15, 0.2) is 36.4 Å². The molecule has 3 aromatic rings. The molecular formula is C35H36F6. The topological polar surface area (TPSA) is 0 Å². The first kappa shape index (κ1) is 29.5. The van der Waals surface area contributed by atoms with E-state index in [4.69, 9.17) is 0 Å². The van der Waals surface area contributed by atoms with Crippen LogP contribution in [0.25, 0.3) is 22.8 Å². The van der Waals surface area contributed by atoms with Gasteiger partial charge in [0.1, 0.15) is 0 Å². The molecule has 3 aromatic carbocycles. The molecular weight excluding hydrogens is 534 g/mol. The number of unbranched alkanes of at least 4 members (excludes halogenated alkanes) is 2. The Kier molecular flexibility index (Phi) is 8.96. The molecule has 6 heteroatoms. The summed E-state index contributed by atoms with van der Waals surface area (Å²) in [5.41, 5.74) is -0.0155. The van der Waals surface area contributed by atoms with E-state index in [0.29, 0.717) is 11.5 Å². The summed E-state index contributed by atoms with van der Waals surface area (Å²) >= 11 is 0. The van der Waals surface area contributed by atoms with Crippen molar-refractivity contribution < 1.29 is 26.3 Å². The van der Waals surface area contributed by atoms with E-state index < -0.39 is 46.0 Å². The van der Waals surface area contributed by atoms with Crippen LogP contribution in [0.4, 0.5) is 26.3 Å². The molecule has 0 N–H and O–H groups in total. The lowest BCUT2D eigenvalue weighted by Gasteiger charge is -2.29. The Morgan fingerprint density at radius 2 is 1.34 bits per heavy atom. The van der Waals surface area contributed by atoms with Gasteiger partial charge >= 0.3 is 0 Å². The van der Waals surface area contributed by atoms with Gasteiger partial charge in [0, 0.05) is 16.7 Å². The fourth-order valence-electron chi connectivity index (χ4n) is 6.67. The molecule has 0 spiro atoms. The van der Waals surface area contributed by atoms with Gasteiger partial charge in [-0.1, -0.05) is 69.9 Å². The first-order valence-electron chi connectivity index (χ1n) is 14.9. The molecule has 0 atom stereocenters. The number of rotatable bonds is 9. The SMILES string of the molecule is CCCCCc1ccc(/C(F)=C(\F)c2cc3c(c(F)c2F)-c2c(cc(C4CCC(CCC)CC4)c(F)c2F)C3)cc1. The highest BCUT2D eigenvalue weighted by atomic mass is 19.2. The van der Waals surface area contributed by atoms with Gasteiger partial charge in [-0.25, -0.2) is 26.3 Å². The molecule has 0 bridgehead atoms. The smallest absolute Gasteiger partial charge is 0.169 e. The fourth-order valence-corrected chi connectivity index (χ4v) is 6.67.